The molecule has 70 valence electrons. The van der Waals surface area contributed by atoms with Gasteiger partial charge in [-0.2, -0.15) is 0 Å². The molecule has 13 heavy (non-hydrogen) atoms. The quantitative estimate of drug-likeness (QED) is 0.748. The first-order chi connectivity index (χ1) is 6.09. The molecule has 0 bridgehead atoms. The Hall–Kier alpha value is -1.13. The van der Waals surface area contributed by atoms with Crippen molar-refractivity contribution in [2.24, 2.45) is 5.73 Å². The molecular weight excluding hydrogens is 190 g/mol. The fraction of sp³-hybridized carbons (Fsp3) is 0.250. The number of nitrogens with zero attached hydrogens (tertiary/aromatic N) is 1. The van der Waals surface area contributed by atoms with Gasteiger partial charge in [0, 0.05) is 6.20 Å². The molecule has 0 radical (unpaired) electrons. The zero-order valence-corrected chi connectivity index (χ0v) is 7.88. The topological polar surface area (TPSA) is 68.0 Å². The lowest BCUT2D eigenvalue weighted by molar-refractivity contribution is -0.117. The van der Waals surface area contributed by atoms with E-state index in [0.29, 0.717) is 10.8 Å². The molecule has 3 N–H and O–H groups in total. The fourth-order valence-electron chi connectivity index (χ4n) is 0.690. The van der Waals surface area contributed by atoms with Gasteiger partial charge in [0.15, 0.2) is 0 Å². The number of halogens is 1. The minimum atomic E-state index is -0.544. The van der Waals surface area contributed by atoms with Gasteiger partial charge in [-0.25, -0.2) is 4.98 Å². The first kappa shape index (κ1) is 9.95. The molecule has 0 aliphatic carbocycles. The highest BCUT2D eigenvalue weighted by Crippen LogP contribution is 2.09. The molecule has 0 aromatic carbocycles. The number of anilines is 1. The van der Waals surface area contributed by atoms with Crippen LogP contribution in [0.5, 0.6) is 0 Å². The number of pyridine rings is 1. The molecule has 1 aromatic rings. The fourth-order valence-corrected chi connectivity index (χ4v) is 0.802. The van der Waals surface area contributed by atoms with Crippen LogP contribution in [-0.4, -0.2) is 16.9 Å². The van der Waals surface area contributed by atoms with Crippen molar-refractivity contribution in [3.8, 4) is 0 Å². The second kappa shape index (κ2) is 4.20. The first-order valence-corrected chi connectivity index (χ1v) is 4.15. The molecule has 0 spiro atoms. The van der Waals surface area contributed by atoms with E-state index >= 15 is 0 Å². The minimum absolute atomic E-state index is 0.269. The summed E-state index contributed by atoms with van der Waals surface area (Å²) in [6.45, 7) is 1.60. The molecule has 0 unspecified atom stereocenters. The highest BCUT2D eigenvalue weighted by molar-refractivity contribution is 6.30. The SMILES string of the molecule is C[C@@H](N)C(=O)Nc1ccc(Cl)cn1. The summed E-state index contributed by atoms with van der Waals surface area (Å²) >= 11 is 5.61. The molecule has 0 aliphatic heterocycles. The van der Waals surface area contributed by atoms with Crippen molar-refractivity contribution in [3.05, 3.63) is 23.4 Å². The number of amides is 1. The zero-order valence-electron chi connectivity index (χ0n) is 7.12. The third-order valence-corrected chi connectivity index (χ3v) is 1.62. The van der Waals surface area contributed by atoms with E-state index < -0.39 is 6.04 Å². The van der Waals surface area contributed by atoms with E-state index in [1.54, 1.807) is 19.1 Å². The summed E-state index contributed by atoms with van der Waals surface area (Å²) in [4.78, 5) is 15.0. The van der Waals surface area contributed by atoms with Crippen molar-refractivity contribution in [2.45, 2.75) is 13.0 Å². The van der Waals surface area contributed by atoms with E-state index in [1.807, 2.05) is 0 Å². The summed E-state index contributed by atoms with van der Waals surface area (Å²) < 4.78 is 0. The van der Waals surface area contributed by atoms with E-state index in [9.17, 15) is 4.79 Å². The summed E-state index contributed by atoms with van der Waals surface area (Å²) in [5.74, 6) is 0.182. The van der Waals surface area contributed by atoms with Crippen molar-refractivity contribution in [1.29, 1.82) is 0 Å². The number of nitrogens with two attached hydrogens (primary N) is 1. The van der Waals surface area contributed by atoms with Crippen LogP contribution in [0.25, 0.3) is 0 Å². The molecule has 0 aliphatic rings. The number of aromatic nitrogens is 1. The van der Waals surface area contributed by atoms with Gasteiger partial charge in [-0.05, 0) is 19.1 Å². The first-order valence-electron chi connectivity index (χ1n) is 3.77. The summed E-state index contributed by atoms with van der Waals surface area (Å²) in [5.41, 5.74) is 5.35. The maximum atomic E-state index is 11.1. The molecule has 4 nitrogen and oxygen atoms in total. The Balaban J connectivity index is 2.65. The highest BCUT2D eigenvalue weighted by atomic mass is 35.5. The number of carbonyl (C=O) groups is 1. The van der Waals surface area contributed by atoms with Crippen LogP contribution in [0.3, 0.4) is 0 Å². The Morgan fingerprint density at radius 1 is 1.69 bits per heavy atom. The van der Waals surface area contributed by atoms with Crippen molar-refractivity contribution < 1.29 is 4.79 Å². The summed E-state index contributed by atoms with van der Waals surface area (Å²) in [6, 6.07) is 2.71. The predicted octanol–water partition coefficient (Wildman–Crippen LogP) is 1.02. The summed E-state index contributed by atoms with van der Waals surface area (Å²) in [5, 5.41) is 3.06. The lowest BCUT2D eigenvalue weighted by atomic mass is 10.3. The van der Waals surface area contributed by atoms with E-state index in [2.05, 4.69) is 10.3 Å². The monoisotopic (exact) mass is 199 g/mol. The van der Waals surface area contributed by atoms with Crippen molar-refractivity contribution >= 4 is 23.3 Å². The number of hydrogen-bond acceptors (Lipinski definition) is 3. The van der Waals surface area contributed by atoms with Crippen LogP contribution in [0.1, 0.15) is 6.92 Å². The van der Waals surface area contributed by atoms with Gasteiger partial charge in [0.1, 0.15) is 5.82 Å². The molecule has 0 fully saturated rings. The maximum absolute atomic E-state index is 11.1. The standard InChI is InChI=1S/C8H10ClN3O/c1-5(10)8(13)12-7-3-2-6(9)4-11-7/h2-5H,10H2,1H3,(H,11,12,13)/t5-/m1/s1. The van der Waals surface area contributed by atoms with Crippen LogP contribution in [0.15, 0.2) is 18.3 Å². The van der Waals surface area contributed by atoms with Gasteiger partial charge in [-0.15, -0.1) is 0 Å². The number of nitrogens with one attached hydrogen (secondary N) is 1. The average molecular weight is 200 g/mol. The molecule has 1 atom stereocenters. The lowest BCUT2D eigenvalue weighted by Crippen LogP contribution is -2.32. The minimum Gasteiger partial charge on any atom is -0.320 e. The lowest BCUT2D eigenvalue weighted by Gasteiger charge is -2.05. The van der Waals surface area contributed by atoms with Crippen LogP contribution < -0.4 is 11.1 Å². The second-order valence-electron chi connectivity index (χ2n) is 2.64. The molecule has 5 heteroatoms. The van der Waals surface area contributed by atoms with Crippen molar-refractivity contribution in [2.75, 3.05) is 5.32 Å². The number of carbonyl (C=O) groups excluding carboxylic acids is 1. The van der Waals surface area contributed by atoms with Crippen molar-refractivity contribution in [1.82, 2.24) is 4.98 Å². The smallest absolute Gasteiger partial charge is 0.242 e. The Bertz CT molecular complexity index is 297. The van der Waals surface area contributed by atoms with Crippen LogP contribution >= 0.6 is 11.6 Å². The van der Waals surface area contributed by atoms with E-state index in [1.165, 1.54) is 6.20 Å². The second-order valence-corrected chi connectivity index (χ2v) is 3.08. The Morgan fingerprint density at radius 2 is 2.38 bits per heavy atom. The molecule has 1 aromatic heterocycles. The van der Waals surface area contributed by atoms with Gasteiger partial charge < -0.3 is 11.1 Å². The van der Waals surface area contributed by atoms with Gasteiger partial charge in [-0.3, -0.25) is 4.79 Å². The van der Waals surface area contributed by atoms with Gasteiger partial charge >= 0.3 is 0 Å². The van der Waals surface area contributed by atoms with Crippen LogP contribution in [0, 0.1) is 0 Å². The Kier molecular flexibility index (Phi) is 3.22. The van der Waals surface area contributed by atoms with Gasteiger partial charge in [0.25, 0.3) is 0 Å². The third-order valence-electron chi connectivity index (χ3n) is 1.39. The molecular formula is C8H10ClN3O. The molecule has 1 heterocycles. The van der Waals surface area contributed by atoms with Crippen LogP contribution in [0.4, 0.5) is 5.82 Å². The van der Waals surface area contributed by atoms with Crippen LogP contribution in [0.2, 0.25) is 5.02 Å². The Labute approximate surface area is 81.1 Å². The average Bonchev–Trinajstić information content (AvgIpc) is 2.08. The molecule has 0 saturated carbocycles. The van der Waals surface area contributed by atoms with Gasteiger partial charge in [0.2, 0.25) is 5.91 Å². The van der Waals surface area contributed by atoms with Gasteiger partial charge in [0.05, 0.1) is 11.1 Å². The van der Waals surface area contributed by atoms with E-state index in [-0.39, 0.29) is 5.91 Å². The maximum Gasteiger partial charge on any atom is 0.242 e. The summed E-state index contributed by atoms with van der Waals surface area (Å²) in [7, 11) is 0. The zero-order chi connectivity index (χ0) is 9.84. The Morgan fingerprint density at radius 3 is 2.85 bits per heavy atom. The van der Waals surface area contributed by atoms with E-state index in [4.69, 9.17) is 17.3 Å². The van der Waals surface area contributed by atoms with Crippen molar-refractivity contribution in [3.63, 3.8) is 0 Å². The normalized spacial score (nSPS) is 12.2. The van der Waals surface area contributed by atoms with Crippen LogP contribution in [-0.2, 0) is 4.79 Å². The predicted molar refractivity (Wildman–Crippen MR) is 51.5 cm³/mol. The largest absolute Gasteiger partial charge is 0.320 e. The number of rotatable bonds is 2. The van der Waals surface area contributed by atoms with E-state index in [0.717, 1.165) is 0 Å². The molecule has 0 saturated heterocycles. The van der Waals surface area contributed by atoms with Gasteiger partial charge in [-0.1, -0.05) is 11.6 Å². The highest BCUT2D eigenvalue weighted by Gasteiger charge is 2.07. The number of hydrogen-bond donors (Lipinski definition) is 2. The molecule has 1 rings (SSSR count). The molecule has 1 amide bonds. The third kappa shape index (κ3) is 3.01. The summed E-state index contributed by atoms with van der Waals surface area (Å²) in [6.07, 6.45) is 1.46.